The molecule has 0 aliphatic heterocycles. The number of amides is 1. The molecule has 0 spiro atoms. The summed E-state index contributed by atoms with van der Waals surface area (Å²) in [7, 11) is -4.08. The van der Waals surface area contributed by atoms with Crippen molar-refractivity contribution in [3.63, 3.8) is 0 Å². The van der Waals surface area contributed by atoms with Gasteiger partial charge in [-0.05, 0) is 23.8 Å². The summed E-state index contributed by atoms with van der Waals surface area (Å²) in [6.45, 7) is 0.136. The lowest BCUT2D eigenvalue weighted by atomic mass is 10.2. The van der Waals surface area contributed by atoms with Crippen molar-refractivity contribution in [2.45, 2.75) is 6.61 Å². The number of benzene rings is 1. The zero-order chi connectivity index (χ0) is 16.2. The van der Waals surface area contributed by atoms with E-state index in [4.69, 9.17) is 11.6 Å². The predicted molar refractivity (Wildman–Crippen MR) is 77.5 cm³/mol. The van der Waals surface area contributed by atoms with Gasteiger partial charge in [0.05, 0.1) is 11.8 Å². The Bertz CT molecular complexity index is 795. The number of carbonyl (C=O) groups is 1. The van der Waals surface area contributed by atoms with Gasteiger partial charge >= 0.3 is 0 Å². The van der Waals surface area contributed by atoms with Gasteiger partial charge in [-0.1, -0.05) is 12.1 Å². The number of aromatic nitrogens is 1. The third-order valence-electron chi connectivity index (χ3n) is 2.53. The lowest BCUT2D eigenvalue weighted by Crippen LogP contribution is -2.11. The van der Waals surface area contributed by atoms with Crippen molar-refractivity contribution in [2.24, 2.45) is 5.73 Å². The lowest BCUT2D eigenvalue weighted by Gasteiger charge is -2.08. The summed E-state index contributed by atoms with van der Waals surface area (Å²) in [5.74, 6) is -0.243. The summed E-state index contributed by atoms with van der Waals surface area (Å²) in [5.41, 5.74) is 6.32. The number of pyridine rings is 1. The van der Waals surface area contributed by atoms with Crippen LogP contribution < -0.4 is 15.2 Å². The van der Waals surface area contributed by atoms with Crippen molar-refractivity contribution < 1.29 is 17.9 Å². The third-order valence-corrected chi connectivity index (χ3v) is 2.93. The van der Waals surface area contributed by atoms with Crippen LogP contribution in [0.25, 0.3) is 0 Å². The molecule has 2 aromatic rings. The zero-order valence-corrected chi connectivity index (χ0v) is 11.6. The molecule has 1 heterocycles. The number of anilines is 1. The Labute approximate surface area is 123 Å². The quantitative estimate of drug-likeness (QED) is 0.680. The standard InChI is InChI=1S/C13H13N3O4S/c14-13(17)10-5-12(7-15-6-10)20-8-9-2-1-3-11(4-9)16-21(18)19/h1-7,21H,8H2,(H2,14,17)(H,16,18,19)/i21D. The van der Waals surface area contributed by atoms with Gasteiger partial charge in [-0.25, -0.2) is 8.42 Å². The maximum absolute atomic E-state index is 11.0. The first-order valence-corrected chi connectivity index (χ1v) is 6.94. The number of rotatable bonds is 6. The van der Waals surface area contributed by atoms with Crippen LogP contribution in [0.4, 0.5) is 5.69 Å². The normalized spacial score (nSPS) is 11.5. The van der Waals surface area contributed by atoms with E-state index in [9.17, 15) is 13.2 Å². The Morgan fingerprint density at radius 2 is 2.19 bits per heavy atom. The number of thiol groups is 1. The molecule has 7 nitrogen and oxygen atoms in total. The molecule has 0 unspecified atom stereocenters. The minimum Gasteiger partial charge on any atom is -0.487 e. The van der Waals surface area contributed by atoms with Gasteiger partial charge in [0.1, 0.15) is 12.4 Å². The number of primary amides is 1. The number of ether oxygens (including phenoxy) is 1. The number of hydrogen-bond acceptors (Lipinski definition) is 5. The van der Waals surface area contributed by atoms with Crippen LogP contribution in [0.15, 0.2) is 42.7 Å². The molecular weight excluding hydrogens is 294 g/mol. The molecule has 0 fully saturated rings. The minimum atomic E-state index is -4.08. The van der Waals surface area contributed by atoms with Gasteiger partial charge < -0.3 is 10.5 Å². The van der Waals surface area contributed by atoms with E-state index in [1.165, 1.54) is 30.6 Å². The maximum atomic E-state index is 11.0. The van der Waals surface area contributed by atoms with Crippen molar-refractivity contribution in [3.8, 4) is 5.75 Å². The Hall–Kier alpha value is -2.61. The van der Waals surface area contributed by atoms with E-state index in [1.807, 2.05) is 0 Å². The van der Waals surface area contributed by atoms with Crippen LogP contribution in [-0.2, 0) is 17.4 Å². The Kier molecular flexibility index (Phi) is 4.27. The molecule has 0 saturated carbocycles. The summed E-state index contributed by atoms with van der Waals surface area (Å²) in [5, 5.41) is 0. The first kappa shape index (κ1) is 13.4. The monoisotopic (exact) mass is 308 g/mol. The molecule has 3 N–H and O–H groups in total. The van der Waals surface area contributed by atoms with E-state index in [2.05, 4.69) is 9.71 Å². The van der Waals surface area contributed by atoms with Crippen molar-refractivity contribution in [2.75, 3.05) is 4.72 Å². The molecule has 0 aliphatic carbocycles. The second-order valence-corrected chi connectivity index (χ2v) is 4.77. The molecule has 21 heavy (non-hydrogen) atoms. The highest BCUT2D eigenvalue weighted by atomic mass is 32.2. The van der Waals surface area contributed by atoms with Crippen molar-refractivity contribution in [1.29, 1.82) is 1.12 Å². The summed E-state index contributed by atoms with van der Waals surface area (Å²) < 4.78 is 36.1. The van der Waals surface area contributed by atoms with Crippen LogP contribution in [0, 0.1) is 0 Å². The smallest absolute Gasteiger partial charge is 0.250 e. The zero-order valence-electron chi connectivity index (χ0n) is 11.8. The number of carbonyl (C=O) groups excluding carboxylic acids is 1. The highest BCUT2D eigenvalue weighted by Crippen LogP contribution is 2.15. The molecule has 1 aromatic carbocycles. The summed E-state index contributed by atoms with van der Waals surface area (Å²) in [6, 6.07) is 7.88. The molecule has 0 atom stereocenters. The topological polar surface area (TPSA) is 111 Å². The largest absolute Gasteiger partial charge is 0.487 e. The first-order valence-electron chi connectivity index (χ1n) is 6.28. The van der Waals surface area contributed by atoms with E-state index < -0.39 is 16.7 Å². The average Bonchev–Trinajstić information content (AvgIpc) is 2.44. The van der Waals surface area contributed by atoms with Crippen LogP contribution in [0.2, 0.25) is 0 Å². The molecule has 0 saturated heterocycles. The second-order valence-electron chi connectivity index (χ2n) is 4.10. The maximum Gasteiger partial charge on any atom is 0.250 e. The first-order chi connectivity index (χ1) is 10.3. The van der Waals surface area contributed by atoms with Crippen LogP contribution in [0.5, 0.6) is 5.75 Å². The van der Waals surface area contributed by atoms with Crippen LogP contribution >= 0.6 is 0 Å². The summed E-state index contributed by atoms with van der Waals surface area (Å²) >= 11 is 0. The predicted octanol–water partition coefficient (Wildman–Crippen LogP) is 0.698. The minimum absolute atomic E-state index is 0.136. The van der Waals surface area contributed by atoms with E-state index >= 15 is 0 Å². The van der Waals surface area contributed by atoms with Gasteiger partial charge in [0.25, 0.3) is 0 Å². The molecule has 1 amide bonds. The van der Waals surface area contributed by atoms with Gasteiger partial charge in [0.15, 0.2) is 1.12 Å². The molecule has 0 aliphatic rings. The van der Waals surface area contributed by atoms with Crippen LogP contribution in [0.3, 0.4) is 0 Å². The molecule has 2 rings (SSSR count). The van der Waals surface area contributed by atoms with Crippen LogP contribution in [-0.4, -0.2) is 20.4 Å². The van der Waals surface area contributed by atoms with E-state index in [1.54, 1.807) is 12.1 Å². The average molecular weight is 308 g/mol. The molecule has 1 aromatic heterocycles. The van der Waals surface area contributed by atoms with Gasteiger partial charge in [0, 0.05) is 11.9 Å². The Balaban J connectivity index is 2.07. The lowest BCUT2D eigenvalue weighted by molar-refractivity contribution is 0.0999. The molecule has 8 heteroatoms. The number of nitrogens with one attached hydrogen (secondary N) is 1. The molecule has 0 radical (unpaired) electrons. The molecular formula is C13H13N3O4S. The van der Waals surface area contributed by atoms with Gasteiger partial charge in [0.2, 0.25) is 16.7 Å². The van der Waals surface area contributed by atoms with Crippen molar-refractivity contribution in [3.05, 3.63) is 53.9 Å². The fourth-order valence-electron chi connectivity index (χ4n) is 1.62. The summed E-state index contributed by atoms with van der Waals surface area (Å²) in [6.07, 6.45) is 2.77. The van der Waals surface area contributed by atoms with E-state index in [-0.39, 0.29) is 17.9 Å². The fourth-order valence-corrected chi connectivity index (χ4v) is 1.94. The SMILES string of the molecule is [2H]S(=O)(=O)Nc1cccc(COc2cncc(C(N)=O)c2)c1. The van der Waals surface area contributed by atoms with Gasteiger partial charge in [-0.15, -0.1) is 0 Å². The Morgan fingerprint density at radius 1 is 1.38 bits per heavy atom. The number of nitrogens with zero attached hydrogens (tertiary/aromatic N) is 1. The van der Waals surface area contributed by atoms with Crippen molar-refractivity contribution in [1.82, 2.24) is 4.98 Å². The Morgan fingerprint density at radius 3 is 2.90 bits per heavy atom. The second kappa shape index (κ2) is 6.71. The number of hydrogen-bond donors (Lipinski definition) is 3. The van der Waals surface area contributed by atoms with E-state index in [0.29, 0.717) is 11.3 Å². The highest BCUT2D eigenvalue weighted by molar-refractivity contribution is 7.73. The fraction of sp³-hybridized carbons (Fsp3) is 0.0769. The summed E-state index contributed by atoms with van der Waals surface area (Å²) in [4.78, 5) is 14.9. The van der Waals surface area contributed by atoms with Gasteiger partial charge in [-0.3, -0.25) is 14.5 Å². The van der Waals surface area contributed by atoms with Crippen molar-refractivity contribution >= 4 is 22.4 Å². The van der Waals surface area contributed by atoms with Crippen LogP contribution in [0.1, 0.15) is 15.9 Å². The molecule has 110 valence electrons. The molecule has 0 bridgehead atoms. The van der Waals surface area contributed by atoms with Gasteiger partial charge in [-0.2, -0.15) is 0 Å². The third kappa shape index (κ3) is 4.46. The van der Waals surface area contributed by atoms with E-state index in [0.717, 1.165) is 0 Å². The number of nitrogens with two attached hydrogens (primary N) is 1. The highest BCUT2D eigenvalue weighted by Gasteiger charge is 2.04.